The molecule has 0 aromatic heterocycles. The molecule has 0 saturated heterocycles. The minimum Gasteiger partial charge on any atom is -0.353 e. The van der Waals surface area contributed by atoms with E-state index in [1.165, 1.54) is 18.6 Å². The van der Waals surface area contributed by atoms with Gasteiger partial charge in [-0.1, -0.05) is 38.3 Å². The van der Waals surface area contributed by atoms with Gasteiger partial charge in [0.1, 0.15) is 0 Å². The summed E-state index contributed by atoms with van der Waals surface area (Å²) in [6.07, 6.45) is 3.27. The summed E-state index contributed by atoms with van der Waals surface area (Å²) in [4.78, 5) is 12.3. The van der Waals surface area contributed by atoms with Crippen LogP contribution in [0.2, 0.25) is 5.02 Å². The molecule has 0 heterocycles. The summed E-state index contributed by atoms with van der Waals surface area (Å²) in [6, 6.07) is 6.18. The molecule has 1 fully saturated rings. The van der Waals surface area contributed by atoms with E-state index in [0.29, 0.717) is 16.9 Å². The molecule has 1 aliphatic rings. The van der Waals surface area contributed by atoms with E-state index in [1.54, 1.807) is 12.1 Å². The average Bonchev–Trinajstić information content (AvgIpc) is 2.50. The molecule has 1 aromatic rings. The van der Waals surface area contributed by atoms with E-state index in [4.69, 9.17) is 11.6 Å². The first-order valence-corrected chi connectivity index (χ1v) is 10.1. The Balaban J connectivity index is 1.89. The highest BCUT2D eigenvalue weighted by molar-refractivity contribution is 7.91. The molecule has 3 unspecified atom stereocenters. The molecule has 0 radical (unpaired) electrons. The quantitative estimate of drug-likeness (QED) is 0.877. The minimum atomic E-state index is -3.46. The predicted molar refractivity (Wildman–Crippen MR) is 92.2 cm³/mol. The zero-order valence-corrected chi connectivity index (χ0v) is 15.2. The Morgan fingerprint density at radius 3 is 2.52 bits per heavy atom. The summed E-state index contributed by atoms with van der Waals surface area (Å²) in [5, 5.41) is 3.50. The lowest BCUT2D eigenvalue weighted by molar-refractivity contribution is -0.122. The zero-order chi connectivity index (χ0) is 17.0. The van der Waals surface area contributed by atoms with Crippen molar-refractivity contribution in [2.75, 3.05) is 5.75 Å². The second-order valence-corrected chi connectivity index (χ2v) is 9.01. The number of sulfone groups is 1. The molecular weight excluding hydrogens is 334 g/mol. The fourth-order valence-electron chi connectivity index (χ4n) is 3.05. The van der Waals surface area contributed by atoms with Crippen LogP contribution in [0.15, 0.2) is 29.2 Å². The highest BCUT2D eigenvalue weighted by atomic mass is 35.5. The highest BCUT2D eigenvalue weighted by Crippen LogP contribution is 2.29. The molecule has 2 rings (SSSR count). The maximum atomic E-state index is 12.2. The molecule has 1 aromatic carbocycles. The number of amides is 1. The fraction of sp³-hybridized carbons (Fsp3) is 0.588. The van der Waals surface area contributed by atoms with Crippen molar-refractivity contribution >= 4 is 27.3 Å². The van der Waals surface area contributed by atoms with Crippen LogP contribution in [0, 0.1) is 11.8 Å². The Morgan fingerprint density at radius 2 is 1.87 bits per heavy atom. The minimum absolute atomic E-state index is 0.0113. The maximum absolute atomic E-state index is 12.2. The molecule has 0 aliphatic heterocycles. The third-order valence-corrected chi connectivity index (χ3v) is 6.81. The smallest absolute Gasteiger partial charge is 0.221 e. The lowest BCUT2D eigenvalue weighted by Crippen LogP contribution is -2.44. The van der Waals surface area contributed by atoms with Gasteiger partial charge in [-0.05, 0) is 42.5 Å². The zero-order valence-electron chi connectivity index (χ0n) is 13.6. The molecule has 6 heteroatoms. The number of rotatable bonds is 5. The molecule has 23 heavy (non-hydrogen) atoms. The van der Waals surface area contributed by atoms with Crippen LogP contribution >= 0.6 is 11.6 Å². The normalized spacial score (nSPS) is 25.1. The molecule has 1 amide bonds. The van der Waals surface area contributed by atoms with Crippen LogP contribution in [-0.2, 0) is 14.6 Å². The summed E-state index contributed by atoms with van der Waals surface area (Å²) < 4.78 is 24.5. The van der Waals surface area contributed by atoms with Gasteiger partial charge >= 0.3 is 0 Å². The van der Waals surface area contributed by atoms with E-state index in [1.807, 2.05) is 0 Å². The molecule has 1 saturated carbocycles. The lowest BCUT2D eigenvalue weighted by atomic mass is 9.78. The van der Waals surface area contributed by atoms with E-state index in [0.717, 1.165) is 12.8 Å². The van der Waals surface area contributed by atoms with E-state index in [2.05, 4.69) is 19.2 Å². The van der Waals surface area contributed by atoms with Crippen molar-refractivity contribution in [2.24, 2.45) is 11.8 Å². The SMILES string of the molecule is CC1CCCC(NC(=O)CCS(=O)(=O)c2ccc(Cl)cc2)C1C. The van der Waals surface area contributed by atoms with Crippen LogP contribution < -0.4 is 5.32 Å². The first-order chi connectivity index (χ1) is 10.8. The number of hydrogen-bond acceptors (Lipinski definition) is 3. The largest absolute Gasteiger partial charge is 0.353 e. The van der Waals surface area contributed by atoms with Crippen molar-refractivity contribution in [1.29, 1.82) is 0 Å². The molecule has 1 N–H and O–H groups in total. The Labute approximate surface area is 143 Å². The van der Waals surface area contributed by atoms with E-state index < -0.39 is 9.84 Å². The topological polar surface area (TPSA) is 63.2 Å². The van der Waals surface area contributed by atoms with Crippen molar-refractivity contribution in [1.82, 2.24) is 5.32 Å². The Kier molecular flexibility index (Phi) is 6.09. The second kappa shape index (κ2) is 7.67. The first-order valence-electron chi connectivity index (χ1n) is 8.07. The summed E-state index contributed by atoms with van der Waals surface area (Å²) in [5.74, 6) is 0.651. The Hall–Kier alpha value is -1.07. The lowest BCUT2D eigenvalue weighted by Gasteiger charge is -2.34. The standard InChI is InChI=1S/C17H24ClNO3S/c1-12-4-3-5-16(13(12)2)19-17(20)10-11-23(21,22)15-8-6-14(18)7-9-15/h6-9,12-13,16H,3-5,10-11H2,1-2H3,(H,19,20). The number of nitrogens with one attached hydrogen (secondary N) is 1. The van der Waals surface area contributed by atoms with Gasteiger partial charge in [0.15, 0.2) is 9.84 Å². The van der Waals surface area contributed by atoms with Gasteiger partial charge < -0.3 is 5.32 Å². The van der Waals surface area contributed by atoms with Gasteiger partial charge in [0.05, 0.1) is 10.6 Å². The van der Waals surface area contributed by atoms with E-state index >= 15 is 0 Å². The molecule has 1 aliphatic carbocycles. The van der Waals surface area contributed by atoms with Gasteiger partial charge in [0.2, 0.25) is 5.91 Å². The van der Waals surface area contributed by atoms with Crippen molar-refractivity contribution < 1.29 is 13.2 Å². The third-order valence-electron chi connectivity index (χ3n) is 4.82. The average molecular weight is 358 g/mol. The summed E-state index contributed by atoms with van der Waals surface area (Å²) in [7, 11) is -3.46. The third kappa shape index (κ3) is 4.95. The second-order valence-electron chi connectivity index (χ2n) is 6.46. The van der Waals surface area contributed by atoms with E-state index in [-0.39, 0.29) is 29.0 Å². The molecule has 3 atom stereocenters. The van der Waals surface area contributed by atoms with Crippen LogP contribution in [0.3, 0.4) is 0 Å². The number of benzene rings is 1. The summed E-state index contributed by atoms with van der Waals surface area (Å²) >= 11 is 5.76. The fourth-order valence-corrected chi connectivity index (χ4v) is 4.42. The molecule has 128 valence electrons. The van der Waals surface area contributed by atoms with Gasteiger partial charge in [-0.3, -0.25) is 4.79 Å². The number of carbonyl (C=O) groups is 1. The van der Waals surface area contributed by atoms with Gasteiger partial charge in [-0.15, -0.1) is 0 Å². The summed E-state index contributed by atoms with van der Waals surface area (Å²) in [5.41, 5.74) is 0. The Bertz CT molecular complexity index is 642. The van der Waals surface area contributed by atoms with Crippen LogP contribution in [0.4, 0.5) is 0 Å². The van der Waals surface area contributed by atoms with Crippen molar-refractivity contribution in [3.05, 3.63) is 29.3 Å². The monoisotopic (exact) mass is 357 g/mol. The molecule has 4 nitrogen and oxygen atoms in total. The molecular formula is C17H24ClNO3S. The summed E-state index contributed by atoms with van der Waals surface area (Å²) in [6.45, 7) is 4.35. The van der Waals surface area contributed by atoms with Crippen LogP contribution in [-0.4, -0.2) is 26.1 Å². The van der Waals surface area contributed by atoms with Crippen LogP contribution in [0.25, 0.3) is 0 Å². The Morgan fingerprint density at radius 1 is 1.22 bits per heavy atom. The van der Waals surface area contributed by atoms with Crippen LogP contribution in [0.5, 0.6) is 0 Å². The van der Waals surface area contributed by atoms with Gasteiger partial charge in [0, 0.05) is 17.5 Å². The van der Waals surface area contributed by atoms with Crippen LogP contribution in [0.1, 0.15) is 39.5 Å². The number of halogens is 1. The first kappa shape index (κ1) is 18.3. The van der Waals surface area contributed by atoms with Gasteiger partial charge in [0.25, 0.3) is 0 Å². The van der Waals surface area contributed by atoms with Gasteiger partial charge in [-0.2, -0.15) is 0 Å². The molecule has 0 spiro atoms. The number of carbonyl (C=O) groups excluding carboxylic acids is 1. The predicted octanol–water partition coefficient (Wildman–Crippen LogP) is 3.44. The number of hydrogen-bond donors (Lipinski definition) is 1. The highest BCUT2D eigenvalue weighted by Gasteiger charge is 2.28. The van der Waals surface area contributed by atoms with E-state index in [9.17, 15) is 13.2 Å². The molecule has 0 bridgehead atoms. The maximum Gasteiger partial charge on any atom is 0.221 e. The van der Waals surface area contributed by atoms with Gasteiger partial charge in [-0.25, -0.2) is 8.42 Å². The van der Waals surface area contributed by atoms with Crippen molar-refractivity contribution in [3.8, 4) is 0 Å². The van der Waals surface area contributed by atoms with Crippen molar-refractivity contribution in [3.63, 3.8) is 0 Å². The van der Waals surface area contributed by atoms with Crippen molar-refractivity contribution in [2.45, 2.75) is 50.5 Å².